The molecule has 200 valence electrons. The smallest absolute Gasteiger partial charge is 0.311 e. The number of fused-ring (bicyclic) bond motifs is 3. The Kier molecular flexibility index (Phi) is 6.88. The molecule has 0 radical (unpaired) electrons. The van der Waals surface area contributed by atoms with E-state index < -0.39 is 5.41 Å². The molecule has 38 heavy (non-hydrogen) atoms. The van der Waals surface area contributed by atoms with E-state index in [1.807, 2.05) is 30.3 Å². The lowest BCUT2D eigenvalue weighted by Crippen LogP contribution is -2.52. The van der Waals surface area contributed by atoms with Crippen molar-refractivity contribution in [1.29, 1.82) is 0 Å². The van der Waals surface area contributed by atoms with Crippen molar-refractivity contribution in [1.82, 2.24) is 15.0 Å². The van der Waals surface area contributed by atoms with E-state index in [0.717, 1.165) is 54.6 Å². The fraction of sp³-hybridized carbons (Fsp3) is 0.484. The summed E-state index contributed by atoms with van der Waals surface area (Å²) in [6.07, 6.45) is 6.36. The van der Waals surface area contributed by atoms with Crippen LogP contribution in [0, 0.1) is 11.3 Å². The van der Waals surface area contributed by atoms with Crippen molar-refractivity contribution in [3.05, 3.63) is 65.4 Å². The van der Waals surface area contributed by atoms with Crippen LogP contribution in [0.15, 0.2) is 48.7 Å². The summed E-state index contributed by atoms with van der Waals surface area (Å²) in [5.41, 5.74) is 5.58. The molecule has 5 rings (SSSR count). The topological polar surface area (TPSA) is 86.1 Å². The van der Waals surface area contributed by atoms with Gasteiger partial charge in [-0.3, -0.25) is 9.59 Å². The van der Waals surface area contributed by atoms with Gasteiger partial charge in [-0.15, -0.1) is 5.10 Å². The maximum Gasteiger partial charge on any atom is 0.311 e. The Morgan fingerprint density at radius 2 is 1.89 bits per heavy atom. The summed E-state index contributed by atoms with van der Waals surface area (Å²) in [5, 5.41) is 11.7. The second-order valence-electron chi connectivity index (χ2n) is 11.7. The summed E-state index contributed by atoms with van der Waals surface area (Å²) < 4.78 is 6.86. The third kappa shape index (κ3) is 4.42. The summed E-state index contributed by atoms with van der Waals surface area (Å²) in [7, 11) is 1.50. The predicted molar refractivity (Wildman–Crippen MR) is 148 cm³/mol. The fourth-order valence-corrected chi connectivity index (χ4v) is 7.13. The van der Waals surface area contributed by atoms with Gasteiger partial charge >= 0.3 is 5.97 Å². The molecule has 1 N–H and O–H groups in total. The molecule has 2 aliphatic carbocycles. The van der Waals surface area contributed by atoms with Crippen LogP contribution in [0.25, 0.3) is 11.3 Å². The standard InChI is InChI=1S/C31H38N4O3/c1-20(2)22-12-14-24-23(13-15-26-30(24,3)16-9-17-31(26,4)29(37)38-5)28(22)32-27(36)19-35-18-25(33-34-35)21-10-7-6-8-11-21/h6-8,10-12,14,18,20,26H,9,13,15-17,19H2,1-5H3,(H,32,36)/t26-,30-,31-/m1/s1. The van der Waals surface area contributed by atoms with Crippen LogP contribution in [0.3, 0.4) is 0 Å². The number of anilines is 1. The molecule has 1 heterocycles. The Balaban J connectivity index is 1.45. The SMILES string of the molecule is COC(=O)[C@]1(C)CCC[C@]2(C)c3ccc(C(C)C)c(NC(=O)Cn4cc(-c5ccccc5)nn4)c3CC[C@@H]12. The molecule has 7 heteroatoms. The molecule has 0 unspecified atom stereocenters. The van der Waals surface area contributed by atoms with Gasteiger partial charge in [0.25, 0.3) is 0 Å². The minimum atomic E-state index is -0.497. The van der Waals surface area contributed by atoms with Crippen LogP contribution in [0.5, 0.6) is 0 Å². The van der Waals surface area contributed by atoms with Gasteiger partial charge in [-0.05, 0) is 66.5 Å². The number of ether oxygens (including phenoxy) is 1. The highest BCUT2D eigenvalue weighted by Crippen LogP contribution is 2.58. The van der Waals surface area contributed by atoms with E-state index in [4.69, 9.17) is 4.74 Å². The Labute approximate surface area is 225 Å². The number of hydrogen-bond donors (Lipinski definition) is 1. The van der Waals surface area contributed by atoms with Gasteiger partial charge in [-0.2, -0.15) is 0 Å². The second-order valence-corrected chi connectivity index (χ2v) is 11.7. The quantitative estimate of drug-likeness (QED) is 0.415. The molecule has 3 aromatic rings. The average Bonchev–Trinajstić information content (AvgIpc) is 3.37. The zero-order valence-corrected chi connectivity index (χ0v) is 23.1. The Hall–Kier alpha value is -3.48. The number of nitrogens with zero attached hydrogens (tertiary/aromatic N) is 3. The van der Waals surface area contributed by atoms with Crippen molar-refractivity contribution < 1.29 is 14.3 Å². The van der Waals surface area contributed by atoms with Crippen molar-refractivity contribution in [2.45, 2.75) is 77.7 Å². The third-order valence-corrected chi connectivity index (χ3v) is 9.03. The van der Waals surface area contributed by atoms with Crippen LogP contribution in [0.1, 0.15) is 76.0 Å². The van der Waals surface area contributed by atoms with Gasteiger partial charge in [0.15, 0.2) is 0 Å². The number of carbonyl (C=O) groups excluding carboxylic acids is 2. The Bertz CT molecular complexity index is 1350. The maximum absolute atomic E-state index is 13.3. The number of hydrogen-bond acceptors (Lipinski definition) is 5. The number of amides is 1. The van der Waals surface area contributed by atoms with Crippen molar-refractivity contribution in [3.8, 4) is 11.3 Å². The first-order valence-corrected chi connectivity index (χ1v) is 13.7. The monoisotopic (exact) mass is 514 g/mol. The Morgan fingerprint density at radius 3 is 2.61 bits per heavy atom. The molecule has 1 amide bonds. The predicted octanol–water partition coefficient (Wildman–Crippen LogP) is 5.89. The van der Waals surface area contributed by atoms with Gasteiger partial charge < -0.3 is 10.1 Å². The summed E-state index contributed by atoms with van der Waals surface area (Å²) in [4.78, 5) is 26.2. The largest absolute Gasteiger partial charge is 0.469 e. The average molecular weight is 515 g/mol. The number of carbonyl (C=O) groups is 2. The van der Waals surface area contributed by atoms with Gasteiger partial charge in [0.2, 0.25) is 5.91 Å². The van der Waals surface area contributed by atoms with E-state index in [9.17, 15) is 9.59 Å². The molecule has 0 bridgehead atoms. The van der Waals surface area contributed by atoms with Gasteiger partial charge in [0, 0.05) is 11.3 Å². The normalized spacial score (nSPS) is 24.4. The lowest BCUT2D eigenvalue weighted by molar-refractivity contribution is -0.161. The third-order valence-electron chi connectivity index (χ3n) is 9.03. The van der Waals surface area contributed by atoms with Gasteiger partial charge in [-0.1, -0.05) is 74.9 Å². The van der Waals surface area contributed by atoms with E-state index >= 15 is 0 Å². The molecule has 0 spiro atoms. The zero-order valence-electron chi connectivity index (χ0n) is 23.1. The second kappa shape index (κ2) is 10.0. The fourth-order valence-electron chi connectivity index (χ4n) is 7.13. The number of benzene rings is 2. The summed E-state index contributed by atoms with van der Waals surface area (Å²) in [6, 6.07) is 14.2. The van der Waals surface area contributed by atoms with Crippen molar-refractivity contribution >= 4 is 17.6 Å². The number of aromatic nitrogens is 3. The van der Waals surface area contributed by atoms with E-state index in [2.05, 4.69) is 55.5 Å². The molecule has 2 aromatic carbocycles. The number of nitrogens with one attached hydrogen (secondary N) is 1. The first-order chi connectivity index (χ1) is 18.2. The molecule has 1 aromatic heterocycles. The van der Waals surface area contributed by atoms with Crippen LogP contribution in [-0.2, 0) is 32.7 Å². The molecule has 1 fully saturated rings. The van der Waals surface area contributed by atoms with Gasteiger partial charge in [0.05, 0.1) is 18.7 Å². The molecular formula is C31H38N4O3. The number of esters is 1. The first-order valence-electron chi connectivity index (χ1n) is 13.7. The zero-order chi connectivity index (χ0) is 27.1. The van der Waals surface area contributed by atoms with Crippen LogP contribution in [0.4, 0.5) is 5.69 Å². The van der Waals surface area contributed by atoms with Gasteiger partial charge in [-0.25, -0.2) is 4.68 Å². The van der Waals surface area contributed by atoms with Crippen molar-refractivity contribution in [2.24, 2.45) is 11.3 Å². The molecule has 0 saturated heterocycles. The van der Waals surface area contributed by atoms with Gasteiger partial charge in [0.1, 0.15) is 12.2 Å². The van der Waals surface area contributed by atoms with E-state index in [0.29, 0.717) is 0 Å². The lowest BCUT2D eigenvalue weighted by Gasteiger charge is -2.54. The highest BCUT2D eigenvalue weighted by atomic mass is 16.5. The highest BCUT2D eigenvalue weighted by Gasteiger charge is 2.56. The van der Waals surface area contributed by atoms with Crippen LogP contribution in [-0.4, -0.2) is 34.0 Å². The van der Waals surface area contributed by atoms with Crippen molar-refractivity contribution in [3.63, 3.8) is 0 Å². The summed E-state index contributed by atoms with van der Waals surface area (Å²) in [5.74, 6) is 0.222. The Morgan fingerprint density at radius 1 is 1.13 bits per heavy atom. The van der Waals surface area contributed by atoms with Crippen LogP contribution >= 0.6 is 0 Å². The van der Waals surface area contributed by atoms with Crippen LogP contribution in [0.2, 0.25) is 0 Å². The molecule has 3 atom stereocenters. The minimum Gasteiger partial charge on any atom is -0.469 e. The first kappa shape index (κ1) is 26.1. The van der Waals surface area contributed by atoms with E-state index in [-0.39, 0.29) is 35.7 Å². The summed E-state index contributed by atoms with van der Waals surface area (Å²) >= 11 is 0. The lowest BCUT2D eigenvalue weighted by atomic mass is 9.49. The van der Waals surface area contributed by atoms with Crippen LogP contribution < -0.4 is 5.32 Å². The summed E-state index contributed by atoms with van der Waals surface area (Å²) in [6.45, 7) is 8.78. The molecule has 1 saturated carbocycles. The number of methoxy groups -OCH3 is 1. The molecular weight excluding hydrogens is 476 g/mol. The minimum absolute atomic E-state index is 0.0847. The molecule has 0 aliphatic heterocycles. The highest BCUT2D eigenvalue weighted by molar-refractivity contribution is 5.93. The molecule has 2 aliphatic rings. The maximum atomic E-state index is 13.3. The molecule has 7 nitrogen and oxygen atoms in total. The van der Waals surface area contributed by atoms with E-state index in [1.54, 1.807) is 10.9 Å². The number of rotatable bonds is 6. The van der Waals surface area contributed by atoms with Crippen molar-refractivity contribution in [2.75, 3.05) is 12.4 Å². The van der Waals surface area contributed by atoms with E-state index in [1.165, 1.54) is 18.2 Å².